The van der Waals surface area contributed by atoms with E-state index in [9.17, 15) is 9.59 Å². The number of halogens is 2. The second-order valence-corrected chi connectivity index (χ2v) is 6.80. The van der Waals surface area contributed by atoms with Crippen LogP contribution in [0.3, 0.4) is 0 Å². The van der Waals surface area contributed by atoms with Gasteiger partial charge in [-0.2, -0.15) is 0 Å². The van der Waals surface area contributed by atoms with Gasteiger partial charge in [-0.15, -0.1) is 0 Å². The maximum Gasteiger partial charge on any atom is 0.276 e. The van der Waals surface area contributed by atoms with Crippen LogP contribution in [0.4, 0.5) is 0 Å². The molecule has 0 saturated heterocycles. The number of carbonyl (C=O) groups excluding carboxylic acids is 2. The molecule has 2 N–H and O–H groups in total. The van der Waals surface area contributed by atoms with E-state index in [-0.39, 0.29) is 13.2 Å². The molecule has 0 spiro atoms. The summed E-state index contributed by atoms with van der Waals surface area (Å²) in [6.45, 7) is 3.27. The molecule has 0 atom stereocenters. The molecule has 0 aliphatic heterocycles. The first-order chi connectivity index (χ1) is 12.4. The van der Waals surface area contributed by atoms with Crippen molar-refractivity contribution in [3.05, 3.63) is 57.0 Å². The van der Waals surface area contributed by atoms with E-state index in [0.29, 0.717) is 16.5 Å². The van der Waals surface area contributed by atoms with Crippen molar-refractivity contribution in [2.75, 3.05) is 13.2 Å². The van der Waals surface area contributed by atoms with E-state index in [1.807, 2.05) is 26.0 Å². The second-order valence-electron chi connectivity index (χ2n) is 5.47. The normalized spacial score (nSPS) is 10.2. The van der Waals surface area contributed by atoms with Gasteiger partial charge in [0.25, 0.3) is 11.8 Å². The summed E-state index contributed by atoms with van der Waals surface area (Å²) in [4.78, 5) is 23.5. The van der Waals surface area contributed by atoms with Crippen molar-refractivity contribution in [1.82, 2.24) is 10.9 Å². The average Bonchev–Trinajstić information content (AvgIpc) is 2.58. The van der Waals surface area contributed by atoms with Crippen LogP contribution in [-0.2, 0) is 9.59 Å². The number of carbonyl (C=O) groups is 2. The molecule has 0 aliphatic rings. The molecule has 8 heteroatoms. The van der Waals surface area contributed by atoms with Crippen molar-refractivity contribution in [3.8, 4) is 11.5 Å². The van der Waals surface area contributed by atoms with Gasteiger partial charge in [0.05, 0.1) is 5.02 Å². The number of nitrogens with one attached hydrogen (secondary N) is 2. The van der Waals surface area contributed by atoms with Gasteiger partial charge in [0.15, 0.2) is 13.2 Å². The SMILES string of the molecule is Cc1cc(Br)cc(C)c1OCC(=O)NNC(=O)COc1ccccc1Cl. The highest BCUT2D eigenvalue weighted by Gasteiger charge is 2.10. The number of hydrazine groups is 1. The molecule has 2 rings (SSSR count). The number of amides is 2. The summed E-state index contributed by atoms with van der Waals surface area (Å²) in [7, 11) is 0. The smallest absolute Gasteiger partial charge is 0.276 e. The minimum absolute atomic E-state index is 0.227. The summed E-state index contributed by atoms with van der Waals surface area (Å²) in [6, 6.07) is 10.6. The fourth-order valence-corrected chi connectivity index (χ4v) is 3.06. The molecule has 26 heavy (non-hydrogen) atoms. The minimum atomic E-state index is -0.519. The van der Waals surface area contributed by atoms with Gasteiger partial charge in [-0.25, -0.2) is 0 Å². The van der Waals surface area contributed by atoms with Crippen LogP contribution < -0.4 is 20.3 Å². The number of hydrogen-bond donors (Lipinski definition) is 2. The predicted molar refractivity (Wildman–Crippen MR) is 102 cm³/mol. The van der Waals surface area contributed by atoms with E-state index in [4.69, 9.17) is 21.1 Å². The lowest BCUT2D eigenvalue weighted by atomic mass is 10.1. The number of benzene rings is 2. The maximum atomic E-state index is 11.8. The van der Waals surface area contributed by atoms with Crippen molar-refractivity contribution in [2.45, 2.75) is 13.8 Å². The first-order valence-electron chi connectivity index (χ1n) is 7.71. The standard InChI is InChI=1S/C18H18BrClN2O4/c1-11-7-13(19)8-12(2)18(11)26-10-17(24)22-21-16(23)9-25-15-6-4-3-5-14(15)20/h3-8H,9-10H2,1-2H3,(H,21,23)(H,22,24). The molecule has 0 aromatic heterocycles. The first kappa shape index (κ1) is 20.1. The maximum absolute atomic E-state index is 11.8. The molecule has 0 heterocycles. The summed E-state index contributed by atoms with van der Waals surface area (Å²) < 4.78 is 11.7. The van der Waals surface area contributed by atoms with Crippen LogP contribution in [0, 0.1) is 13.8 Å². The molecule has 0 bridgehead atoms. The fourth-order valence-electron chi connectivity index (χ4n) is 2.18. The average molecular weight is 442 g/mol. The third-order valence-electron chi connectivity index (χ3n) is 3.31. The molecular weight excluding hydrogens is 424 g/mol. The molecule has 0 radical (unpaired) electrons. The number of para-hydroxylation sites is 1. The molecule has 0 aliphatic carbocycles. The van der Waals surface area contributed by atoms with Crippen LogP contribution in [0.2, 0.25) is 5.02 Å². The molecule has 0 saturated carbocycles. The summed E-state index contributed by atoms with van der Waals surface area (Å²) in [5.41, 5.74) is 6.33. The second kappa shape index (κ2) is 9.45. The van der Waals surface area contributed by atoms with Crippen molar-refractivity contribution in [3.63, 3.8) is 0 Å². The van der Waals surface area contributed by atoms with Crippen LogP contribution in [0.15, 0.2) is 40.9 Å². The fraction of sp³-hybridized carbons (Fsp3) is 0.222. The van der Waals surface area contributed by atoms with Gasteiger partial charge in [-0.1, -0.05) is 39.7 Å². The zero-order valence-electron chi connectivity index (χ0n) is 14.3. The molecule has 2 aromatic rings. The Morgan fingerprint density at radius 3 is 2.12 bits per heavy atom. The summed E-state index contributed by atoms with van der Waals surface area (Å²) >= 11 is 9.33. The van der Waals surface area contributed by atoms with Gasteiger partial charge in [0.2, 0.25) is 0 Å². The Hall–Kier alpha value is -2.25. The van der Waals surface area contributed by atoms with Gasteiger partial charge in [-0.3, -0.25) is 20.4 Å². The summed E-state index contributed by atoms with van der Waals surface area (Å²) in [6.07, 6.45) is 0. The Morgan fingerprint density at radius 2 is 1.54 bits per heavy atom. The van der Waals surface area contributed by atoms with Crippen molar-refractivity contribution in [1.29, 1.82) is 0 Å². The van der Waals surface area contributed by atoms with Crippen LogP contribution in [0.1, 0.15) is 11.1 Å². The lowest BCUT2D eigenvalue weighted by molar-refractivity contribution is -0.131. The van der Waals surface area contributed by atoms with Gasteiger partial charge < -0.3 is 9.47 Å². The molecule has 0 unspecified atom stereocenters. The van der Waals surface area contributed by atoms with Crippen LogP contribution in [0.5, 0.6) is 11.5 Å². The van der Waals surface area contributed by atoms with Gasteiger partial charge in [0, 0.05) is 4.47 Å². The summed E-state index contributed by atoms with van der Waals surface area (Å²) in [5.74, 6) is 0.0176. The third-order valence-corrected chi connectivity index (χ3v) is 4.08. The predicted octanol–water partition coefficient (Wildman–Crippen LogP) is 3.32. The Labute approximate surface area is 164 Å². The molecule has 2 amide bonds. The van der Waals surface area contributed by atoms with Gasteiger partial charge >= 0.3 is 0 Å². The highest BCUT2D eigenvalue weighted by Crippen LogP contribution is 2.27. The number of aryl methyl sites for hydroxylation is 2. The molecule has 2 aromatic carbocycles. The zero-order chi connectivity index (χ0) is 19.1. The Morgan fingerprint density at radius 1 is 1.00 bits per heavy atom. The van der Waals surface area contributed by atoms with Crippen molar-refractivity contribution >= 4 is 39.3 Å². The Balaban J connectivity index is 1.75. The van der Waals surface area contributed by atoms with E-state index >= 15 is 0 Å². The highest BCUT2D eigenvalue weighted by molar-refractivity contribution is 9.10. The van der Waals surface area contributed by atoms with Crippen LogP contribution >= 0.6 is 27.5 Å². The van der Waals surface area contributed by atoms with Gasteiger partial charge in [-0.05, 0) is 49.2 Å². The topological polar surface area (TPSA) is 76.7 Å². The van der Waals surface area contributed by atoms with E-state index in [0.717, 1.165) is 15.6 Å². The van der Waals surface area contributed by atoms with Crippen molar-refractivity contribution < 1.29 is 19.1 Å². The van der Waals surface area contributed by atoms with E-state index in [1.165, 1.54) is 0 Å². The first-order valence-corrected chi connectivity index (χ1v) is 8.88. The van der Waals surface area contributed by atoms with Crippen LogP contribution in [-0.4, -0.2) is 25.0 Å². The van der Waals surface area contributed by atoms with Gasteiger partial charge in [0.1, 0.15) is 11.5 Å². The zero-order valence-corrected chi connectivity index (χ0v) is 16.6. The van der Waals surface area contributed by atoms with E-state index in [1.54, 1.807) is 24.3 Å². The molecule has 0 fully saturated rings. The lowest BCUT2D eigenvalue weighted by Gasteiger charge is -2.13. The highest BCUT2D eigenvalue weighted by atomic mass is 79.9. The molecule has 6 nitrogen and oxygen atoms in total. The monoisotopic (exact) mass is 440 g/mol. The summed E-state index contributed by atoms with van der Waals surface area (Å²) in [5, 5.41) is 0.401. The van der Waals surface area contributed by atoms with E-state index < -0.39 is 11.8 Å². The Kier molecular flexibility index (Phi) is 7.29. The van der Waals surface area contributed by atoms with Crippen molar-refractivity contribution in [2.24, 2.45) is 0 Å². The minimum Gasteiger partial charge on any atom is -0.483 e. The third kappa shape index (κ3) is 5.93. The quantitative estimate of drug-likeness (QED) is 0.674. The lowest BCUT2D eigenvalue weighted by Crippen LogP contribution is -2.45. The molecular formula is C18H18BrClN2O4. The van der Waals surface area contributed by atoms with Crippen LogP contribution in [0.25, 0.3) is 0 Å². The largest absolute Gasteiger partial charge is 0.483 e. The molecule has 138 valence electrons. The van der Waals surface area contributed by atoms with E-state index in [2.05, 4.69) is 26.8 Å². The Bertz CT molecular complexity index is 791. The number of hydrogen-bond acceptors (Lipinski definition) is 4. The number of rotatable bonds is 6. The number of ether oxygens (including phenoxy) is 2.